The minimum Gasteiger partial charge on any atom is -0.497 e. The van der Waals surface area contributed by atoms with Crippen LogP contribution in [0, 0.1) is 3.57 Å². The molecule has 134 valence electrons. The zero-order valence-corrected chi connectivity index (χ0v) is 19.2. The first kappa shape index (κ1) is 18.7. The van der Waals surface area contributed by atoms with E-state index in [-0.39, 0.29) is 0 Å². The minimum absolute atomic E-state index is 0.884. The molecule has 0 aliphatic rings. The molecular weight excluding hydrogens is 558 g/mol. The van der Waals surface area contributed by atoms with Gasteiger partial charge in [-0.05, 0) is 67.7 Å². The summed E-state index contributed by atoms with van der Waals surface area (Å²) in [5.41, 5.74) is 6.54. The number of hydrogen-bond donors (Lipinski definition) is 0. The SMILES string of the molecule is COc1ccc(-c2c(CI)c(I)c(-c3ccccc3)c3ccccc23)cc1. The Morgan fingerprint density at radius 1 is 0.704 bits per heavy atom. The smallest absolute Gasteiger partial charge is 0.118 e. The molecule has 3 heteroatoms. The first-order chi connectivity index (χ1) is 13.2. The van der Waals surface area contributed by atoms with E-state index in [0.29, 0.717) is 0 Å². The fourth-order valence-electron chi connectivity index (χ4n) is 3.56. The van der Waals surface area contributed by atoms with Crippen LogP contribution in [-0.2, 0) is 4.43 Å². The van der Waals surface area contributed by atoms with Crippen LogP contribution in [0.2, 0.25) is 0 Å². The van der Waals surface area contributed by atoms with Gasteiger partial charge in [0.15, 0.2) is 0 Å². The molecule has 0 aromatic heterocycles. The van der Waals surface area contributed by atoms with E-state index in [1.165, 1.54) is 42.2 Å². The first-order valence-corrected chi connectivity index (χ1v) is 11.3. The Morgan fingerprint density at radius 2 is 1.26 bits per heavy atom. The minimum atomic E-state index is 0.884. The number of rotatable bonds is 4. The maximum atomic E-state index is 5.35. The lowest BCUT2D eigenvalue weighted by Crippen LogP contribution is -1.97. The van der Waals surface area contributed by atoms with E-state index in [2.05, 4.69) is 112 Å². The predicted molar refractivity (Wildman–Crippen MR) is 132 cm³/mol. The van der Waals surface area contributed by atoms with Crippen molar-refractivity contribution in [3.05, 3.63) is 88.0 Å². The standard InChI is InChI=1S/C24H18I2O/c1-27-18-13-11-17(12-14-18)22-19-9-5-6-10-20(19)23(24(26)21(22)15-25)16-7-3-2-4-8-16/h2-14H,15H2,1H3. The highest BCUT2D eigenvalue weighted by Gasteiger charge is 2.19. The van der Waals surface area contributed by atoms with Gasteiger partial charge in [-0.15, -0.1) is 0 Å². The van der Waals surface area contributed by atoms with Crippen LogP contribution >= 0.6 is 45.2 Å². The number of alkyl halides is 1. The predicted octanol–water partition coefficient (Wildman–Crippen LogP) is 7.72. The van der Waals surface area contributed by atoms with E-state index in [9.17, 15) is 0 Å². The quantitative estimate of drug-likeness (QED) is 0.179. The van der Waals surface area contributed by atoms with Crippen molar-refractivity contribution in [3.8, 4) is 28.0 Å². The van der Waals surface area contributed by atoms with Crippen molar-refractivity contribution in [2.75, 3.05) is 7.11 Å². The molecule has 0 aliphatic heterocycles. The summed E-state index contributed by atoms with van der Waals surface area (Å²) in [5, 5.41) is 2.60. The molecule has 0 heterocycles. The van der Waals surface area contributed by atoms with E-state index in [4.69, 9.17) is 4.74 Å². The van der Waals surface area contributed by atoms with Gasteiger partial charge < -0.3 is 4.74 Å². The summed E-state index contributed by atoms with van der Waals surface area (Å²) in [6.45, 7) is 0. The Morgan fingerprint density at radius 3 is 1.85 bits per heavy atom. The van der Waals surface area contributed by atoms with Crippen LogP contribution in [0.25, 0.3) is 33.0 Å². The lowest BCUT2D eigenvalue weighted by Gasteiger charge is -2.19. The van der Waals surface area contributed by atoms with E-state index in [1.807, 2.05) is 12.1 Å². The molecule has 0 unspecified atom stereocenters. The molecule has 0 atom stereocenters. The second-order valence-electron chi connectivity index (χ2n) is 6.32. The molecule has 0 amide bonds. The van der Waals surface area contributed by atoms with Crippen LogP contribution in [0.15, 0.2) is 78.9 Å². The maximum absolute atomic E-state index is 5.35. The molecule has 0 bridgehead atoms. The Bertz CT molecular complexity index is 1090. The summed E-state index contributed by atoms with van der Waals surface area (Å²) < 4.78 is 7.64. The lowest BCUT2D eigenvalue weighted by molar-refractivity contribution is 0.415. The summed E-state index contributed by atoms with van der Waals surface area (Å²) in [6.07, 6.45) is 0. The van der Waals surface area contributed by atoms with Crippen LogP contribution in [-0.4, -0.2) is 7.11 Å². The lowest BCUT2D eigenvalue weighted by atomic mass is 9.88. The van der Waals surface area contributed by atoms with Gasteiger partial charge in [0.1, 0.15) is 5.75 Å². The normalized spacial score (nSPS) is 10.9. The number of ether oxygens (including phenoxy) is 1. The zero-order valence-electron chi connectivity index (χ0n) is 14.9. The zero-order chi connectivity index (χ0) is 18.8. The van der Waals surface area contributed by atoms with Crippen molar-refractivity contribution in [2.24, 2.45) is 0 Å². The maximum Gasteiger partial charge on any atom is 0.118 e. The number of fused-ring (bicyclic) bond motifs is 1. The van der Waals surface area contributed by atoms with Crippen LogP contribution in [0.3, 0.4) is 0 Å². The van der Waals surface area contributed by atoms with Crippen molar-refractivity contribution in [2.45, 2.75) is 4.43 Å². The molecule has 4 rings (SSSR count). The van der Waals surface area contributed by atoms with Crippen LogP contribution < -0.4 is 4.74 Å². The molecule has 1 nitrogen and oxygen atoms in total. The van der Waals surface area contributed by atoms with Gasteiger partial charge in [0.2, 0.25) is 0 Å². The Labute approximate surface area is 187 Å². The molecular formula is C24H18I2O. The van der Waals surface area contributed by atoms with Gasteiger partial charge >= 0.3 is 0 Å². The van der Waals surface area contributed by atoms with Gasteiger partial charge in [0.05, 0.1) is 7.11 Å². The number of hydrogen-bond acceptors (Lipinski definition) is 1. The number of methoxy groups -OCH3 is 1. The fourth-order valence-corrected chi connectivity index (χ4v) is 6.12. The molecule has 0 radical (unpaired) electrons. The number of halogens is 2. The van der Waals surface area contributed by atoms with E-state index >= 15 is 0 Å². The van der Waals surface area contributed by atoms with Gasteiger partial charge in [-0.1, -0.05) is 89.3 Å². The topological polar surface area (TPSA) is 9.23 Å². The van der Waals surface area contributed by atoms with Gasteiger partial charge in [0.25, 0.3) is 0 Å². The third kappa shape index (κ3) is 3.47. The third-order valence-electron chi connectivity index (χ3n) is 4.83. The summed E-state index contributed by atoms with van der Waals surface area (Å²) in [6, 6.07) is 27.9. The van der Waals surface area contributed by atoms with Crippen molar-refractivity contribution < 1.29 is 4.74 Å². The molecule has 0 saturated carbocycles. The summed E-state index contributed by atoms with van der Waals surface area (Å²) in [4.78, 5) is 0. The molecule has 27 heavy (non-hydrogen) atoms. The van der Waals surface area contributed by atoms with Gasteiger partial charge in [0, 0.05) is 13.6 Å². The van der Waals surface area contributed by atoms with Crippen molar-refractivity contribution in [1.29, 1.82) is 0 Å². The van der Waals surface area contributed by atoms with Crippen LogP contribution in [0.4, 0.5) is 0 Å². The number of benzene rings is 4. The van der Waals surface area contributed by atoms with Gasteiger partial charge in [-0.25, -0.2) is 0 Å². The van der Waals surface area contributed by atoms with Crippen LogP contribution in [0.1, 0.15) is 5.56 Å². The van der Waals surface area contributed by atoms with Gasteiger partial charge in [-0.3, -0.25) is 0 Å². The Kier molecular flexibility index (Phi) is 5.68. The largest absolute Gasteiger partial charge is 0.497 e. The first-order valence-electron chi connectivity index (χ1n) is 8.73. The average Bonchev–Trinajstić information content (AvgIpc) is 2.73. The second kappa shape index (κ2) is 8.19. The Balaban J connectivity index is 2.08. The molecule has 4 aromatic rings. The van der Waals surface area contributed by atoms with E-state index in [1.54, 1.807) is 7.11 Å². The Hall–Kier alpha value is -1.60. The molecule has 0 saturated heterocycles. The average molecular weight is 576 g/mol. The summed E-state index contributed by atoms with van der Waals surface area (Å²) in [7, 11) is 1.71. The highest BCUT2D eigenvalue weighted by Crippen LogP contribution is 2.43. The van der Waals surface area contributed by atoms with Crippen molar-refractivity contribution in [1.82, 2.24) is 0 Å². The third-order valence-corrected chi connectivity index (χ3v) is 6.78. The molecule has 0 fully saturated rings. The molecule has 4 aromatic carbocycles. The van der Waals surface area contributed by atoms with E-state index < -0.39 is 0 Å². The van der Waals surface area contributed by atoms with Crippen LogP contribution in [0.5, 0.6) is 5.75 Å². The molecule has 0 spiro atoms. The van der Waals surface area contributed by atoms with Gasteiger partial charge in [-0.2, -0.15) is 0 Å². The monoisotopic (exact) mass is 576 g/mol. The highest BCUT2D eigenvalue weighted by molar-refractivity contribution is 14.1. The summed E-state index contributed by atoms with van der Waals surface area (Å²) in [5.74, 6) is 0.884. The molecule has 0 N–H and O–H groups in total. The summed E-state index contributed by atoms with van der Waals surface area (Å²) >= 11 is 5.01. The fraction of sp³-hybridized carbons (Fsp3) is 0.0833. The second-order valence-corrected chi connectivity index (χ2v) is 8.16. The highest BCUT2D eigenvalue weighted by atomic mass is 127. The molecule has 0 aliphatic carbocycles. The van der Waals surface area contributed by atoms with Crippen molar-refractivity contribution in [3.63, 3.8) is 0 Å². The van der Waals surface area contributed by atoms with E-state index in [0.717, 1.165) is 10.2 Å². The van der Waals surface area contributed by atoms with Crippen molar-refractivity contribution >= 4 is 56.0 Å².